The van der Waals surface area contributed by atoms with E-state index in [1.807, 2.05) is 6.07 Å². The van der Waals surface area contributed by atoms with Crippen molar-refractivity contribution in [3.8, 4) is 0 Å². The highest BCUT2D eigenvalue weighted by atomic mass is 79.9. The summed E-state index contributed by atoms with van der Waals surface area (Å²) in [5, 5.41) is 2.95. The minimum absolute atomic E-state index is 0.0708. The number of hydrogen-bond acceptors (Lipinski definition) is 4. The van der Waals surface area contributed by atoms with E-state index in [0.29, 0.717) is 12.4 Å². The Kier molecular flexibility index (Phi) is 6.58. The van der Waals surface area contributed by atoms with E-state index in [1.54, 1.807) is 24.4 Å². The van der Waals surface area contributed by atoms with Crippen molar-refractivity contribution in [3.05, 3.63) is 57.4 Å². The summed E-state index contributed by atoms with van der Waals surface area (Å²) in [5.74, 6) is 0.0788. The Bertz CT molecular complexity index is 766. The Hall–Kier alpha value is -1.54. The zero-order valence-corrected chi connectivity index (χ0v) is 16.4. The van der Waals surface area contributed by atoms with Gasteiger partial charge in [-0.05, 0) is 45.8 Å². The van der Waals surface area contributed by atoms with Gasteiger partial charge < -0.3 is 5.32 Å². The fourth-order valence-electron chi connectivity index (χ4n) is 2.84. The lowest BCUT2D eigenvalue weighted by Gasteiger charge is -2.34. The van der Waals surface area contributed by atoms with Gasteiger partial charge in [-0.3, -0.25) is 14.6 Å². The van der Waals surface area contributed by atoms with Gasteiger partial charge in [0.25, 0.3) is 0 Å². The maximum absolute atomic E-state index is 13.2. The average Bonchev–Trinajstić information content (AvgIpc) is 2.62. The molecule has 138 valence electrons. The molecule has 3 rings (SSSR count). The number of rotatable bonds is 5. The molecule has 0 atom stereocenters. The van der Waals surface area contributed by atoms with Crippen LogP contribution in [0.3, 0.4) is 0 Å². The van der Waals surface area contributed by atoms with Gasteiger partial charge in [-0.1, -0.05) is 17.7 Å². The number of piperazine rings is 1. The normalized spacial score (nSPS) is 15.8. The number of aromatic nitrogens is 1. The lowest BCUT2D eigenvalue weighted by Crippen LogP contribution is -2.48. The summed E-state index contributed by atoms with van der Waals surface area (Å²) in [7, 11) is 0. The van der Waals surface area contributed by atoms with Crippen LogP contribution in [0.1, 0.15) is 5.56 Å². The molecular weight excluding hydrogens is 423 g/mol. The molecule has 8 heteroatoms. The number of carbonyl (C=O) groups is 1. The lowest BCUT2D eigenvalue weighted by molar-refractivity contribution is -0.117. The first kappa shape index (κ1) is 19.2. The molecule has 2 heterocycles. The molecule has 26 heavy (non-hydrogen) atoms. The maximum Gasteiger partial charge on any atom is 0.239 e. The van der Waals surface area contributed by atoms with Crippen LogP contribution in [0.25, 0.3) is 0 Å². The number of nitrogens with one attached hydrogen (secondary N) is 1. The quantitative estimate of drug-likeness (QED) is 0.773. The van der Waals surface area contributed by atoms with Crippen LogP contribution >= 0.6 is 27.5 Å². The van der Waals surface area contributed by atoms with Gasteiger partial charge in [0.1, 0.15) is 11.6 Å². The van der Waals surface area contributed by atoms with Crippen LogP contribution in [-0.2, 0) is 11.3 Å². The SMILES string of the molecule is O=C(CN1CCN(Cc2ccc(F)c(Cl)c2)CC1)Nc1ccc(Br)cn1. The Balaban J connectivity index is 1.43. The van der Waals surface area contributed by atoms with Gasteiger partial charge >= 0.3 is 0 Å². The summed E-state index contributed by atoms with van der Waals surface area (Å²) in [6.45, 7) is 4.36. The van der Waals surface area contributed by atoms with Gasteiger partial charge in [-0.25, -0.2) is 9.37 Å². The van der Waals surface area contributed by atoms with E-state index in [9.17, 15) is 9.18 Å². The van der Waals surface area contributed by atoms with Gasteiger partial charge in [0.2, 0.25) is 5.91 Å². The highest BCUT2D eigenvalue weighted by Gasteiger charge is 2.19. The summed E-state index contributed by atoms with van der Waals surface area (Å²) in [6.07, 6.45) is 1.65. The van der Waals surface area contributed by atoms with Crippen LogP contribution in [0.2, 0.25) is 5.02 Å². The number of pyridine rings is 1. The lowest BCUT2D eigenvalue weighted by atomic mass is 10.2. The van der Waals surface area contributed by atoms with Gasteiger partial charge in [-0.15, -0.1) is 0 Å². The Morgan fingerprint density at radius 1 is 1.19 bits per heavy atom. The third kappa shape index (κ3) is 5.48. The summed E-state index contributed by atoms with van der Waals surface area (Å²) in [6, 6.07) is 8.42. The molecule has 1 fully saturated rings. The smallest absolute Gasteiger partial charge is 0.239 e. The second-order valence-corrected chi connectivity index (χ2v) is 7.53. The van der Waals surface area contributed by atoms with Crippen molar-refractivity contribution in [1.82, 2.24) is 14.8 Å². The van der Waals surface area contributed by atoms with E-state index in [-0.39, 0.29) is 10.9 Å². The summed E-state index contributed by atoms with van der Waals surface area (Å²) < 4.78 is 14.1. The van der Waals surface area contributed by atoms with Crippen molar-refractivity contribution < 1.29 is 9.18 Å². The molecule has 1 aliphatic rings. The van der Waals surface area contributed by atoms with Crippen LogP contribution in [0.4, 0.5) is 10.2 Å². The number of benzene rings is 1. The van der Waals surface area contributed by atoms with Gasteiger partial charge in [0, 0.05) is 43.4 Å². The molecule has 1 saturated heterocycles. The van der Waals surface area contributed by atoms with E-state index in [2.05, 4.69) is 36.0 Å². The molecule has 1 aromatic heterocycles. The second-order valence-electron chi connectivity index (χ2n) is 6.21. The molecule has 0 unspecified atom stereocenters. The third-order valence-corrected chi connectivity index (χ3v) is 4.98. The van der Waals surface area contributed by atoms with E-state index in [4.69, 9.17) is 11.6 Å². The summed E-state index contributed by atoms with van der Waals surface area (Å²) in [5.41, 5.74) is 0.990. The zero-order chi connectivity index (χ0) is 18.5. The largest absolute Gasteiger partial charge is 0.310 e. The van der Waals surface area contributed by atoms with E-state index in [0.717, 1.165) is 42.8 Å². The molecule has 1 N–H and O–H groups in total. The Morgan fingerprint density at radius 2 is 1.92 bits per heavy atom. The topological polar surface area (TPSA) is 48.5 Å². The molecular formula is C18H19BrClFN4O. The predicted molar refractivity (Wildman–Crippen MR) is 104 cm³/mol. The molecule has 0 spiro atoms. The number of amides is 1. The minimum atomic E-state index is -0.397. The summed E-state index contributed by atoms with van der Waals surface area (Å²) in [4.78, 5) is 20.7. The first-order valence-electron chi connectivity index (χ1n) is 8.29. The number of halogens is 3. The van der Waals surface area contributed by atoms with Crippen molar-refractivity contribution in [2.24, 2.45) is 0 Å². The van der Waals surface area contributed by atoms with Crippen LogP contribution in [0.15, 0.2) is 41.0 Å². The Labute approximate surface area is 165 Å². The first-order valence-corrected chi connectivity index (χ1v) is 9.47. The molecule has 1 aromatic carbocycles. The van der Waals surface area contributed by atoms with Crippen LogP contribution in [0.5, 0.6) is 0 Å². The fourth-order valence-corrected chi connectivity index (χ4v) is 3.27. The molecule has 0 radical (unpaired) electrons. The highest BCUT2D eigenvalue weighted by Crippen LogP contribution is 2.18. The average molecular weight is 442 g/mol. The monoisotopic (exact) mass is 440 g/mol. The number of carbonyl (C=O) groups excluding carboxylic acids is 1. The first-order chi connectivity index (χ1) is 12.5. The van der Waals surface area contributed by atoms with Gasteiger partial charge in [-0.2, -0.15) is 0 Å². The molecule has 0 aliphatic carbocycles. The van der Waals surface area contributed by atoms with Crippen molar-refractivity contribution >= 4 is 39.3 Å². The highest BCUT2D eigenvalue weighted by molar-refractivity contribution is 9.10. The third-order valence-electron chi connectivity index (χ3n) is 4.22. The van der Waals surface area contributed by atoms with Gasteiger partial charge in [0.05, 0.1) is 11.6 Å². The van der Waals surface area contributed by atoms with Crippen molar-refractivity contribution in [2.75, 3.05) is 38.0 Å². The molecule has 0 bridgehead atoms. The minimum Gasteiger partial charge on any atom is -0.310 e. The standard InChI is InChI=1S/C18H19BrClFN4O/c19-14-2-4-17(22-10-14)23-18(26)12-25-7-5-24(6-8-25)11-13-1-3-16(21)15(20)9-13/h1-4,9-10H,5-8,11-12H2,(H,22,23,26). The molecule has 2 aromatic rings. The molecule has 5 nitrogen and oxygen atoms in total. The van der Waals surface area contributed by atoms with E-state index in [1.165, 1.54) is 6.07 Å². The van der Waals surface area contributed by atoms with Gasteiger partial charge in [0.15, 0.2) is 0 Å². The number of hydrogen-bond donors (Lipinski definition) is 1. The van der Waals surface area contributed by atoms with Crippen LogP contribution in [-0.4, -0.2) is 53.4 Å². The zero-order valence-electron chi connectivity index (χ0n) is 14.1. The van der Waals surface area contributed by atoms with E-state index >= 15 is 0 Å². The molecule has 1 aliphatic heterocycles. The predicted octanol–water partition coefficient (Wildman–Crippen LogP) is 3.39. The fraction of sp³-hybridized carbons (Fsp3) is 0.333. The van der Waals surface area contributed by atoms with Crippen LogP contribution in [0, 0.1) is 5.82 Å². The molecule has 0 saturated carbocycles. The molecule has 1 amide bonds. The second kappa shape index (κ2) is 8.90. The van der Waals surface area contributed by atoms with Crippen molar-refractivity contribution in [1.29, 1.82) is 0 Å². The number of nitrogens with zero attached hydrogens (tertiary/aromatic N) is 3. The maximum atomic E-state index is 13.2. The number of anilines is 1. The Morgan fingerprint density at radius 3 is 2.58 bits per heavy atom. The van der Waals surface area contributed by atoms with Crippen LogP contribution < -0.4 is 5.32 Å². The van der Waals surface area contributed by atoms with Crippen molar-refractivity contribution in [3.63, 3.8) is 0 Å². The summed E-state index contributed by atoms with van der Waals surface area (Å²) >= 11 is 9.15. The van der Waals surface area contributed by atoms with E-state index < -0.39 is 5.82 Å². The van der Waals surface area contributed by atoms with Crippen molar-refractivity contribution in [2.45, 2.75) is 6.54 Å².